The first-order valence-electron chi connectivity index (χ1n) is 5.48. The first-order valence-corrected chi connectivity index (χ1v) is 5.48. The van der Waals surface area contributed by atoms with Crippen LogP contribution in [-0.4, -0.2) is 5.97 Å². The molecular formula is C15H13O2-. The van der Waals surface area contributed by atoms with E-state index in [0.29, 0.717) is 0 Å². The quantitative estimate of drug-likeness (QED) is 0.787. The van der Waals surface area contributed by atoms with Gasteiger partial charge in [0, 0.05) is 5.56 Å². The van der Waals surface area contributed by atoms with Crippen LogP contribution in [-0.2, 0) is 0 Å². The maximum atomic E-state index is 11.1. The van der Waals surface area contributed by atoms with Gasteiger partial charge in [0.05, 0.1) is 5.97 Å². The molecule has 0 atom stereocenters. The standard InChI is InChI=1S/C15H14O2/c1-10-6-3-4-8-12(10)14-11(2)7-5-9-13(14)15(16)17/h3-9H,1-2H3,(H,16,17)/p-1. The number of carbonyl (C=O) groups excluding carboxylic acids is 1. The van der Waals surface area contributed by atoms with Gasteiger partial charge in [-0.1, -0.05) is 42.5 Å². The van der Waals surface area contributed by atoms with Crippen molar-refractivity contribution in [2.45, 2.75) is 13.8 Å². The van der Waals surface area contributed by atoms with E-state index in [2.05, 4.69) is 0 Å². The van der Waals surface area contributed by atoms with Gasteiger partial charge in [-0.05, 0) is 36.1 Å². The Morgan fingerprint density at radius 3 is 2.24 bits per heavy atom. The predicted molar refractivity (Wildman–Crippen MR) is 65.7 cm³/mol. The fraction of sp³-hybridized carbons (Fsp3) is 0.133. The average Bonchev–Trinajstić information content (AvgIpc) is 2.30. The van der Waals surface area contributed by atoms with Gasteiger partial charge in [0.25, 0.3) is 0 Å². The maximum absolute atomic E-state index is 11.1. The first kappa shape index (κ1) is 11.4. The van der Waals surface area contributed by atoms with Crippen molar-refractivity contribution in [1.82, 2.24) is 0 Å². The molecule has 2 nitrogen and oxygen atoms in total. The molecule has 0 spiro atoms. The Morgan fingerprint density at radius 2 is 1.59 bits per heavy atom. The number of hydrogen-bond donors (Lipinski definition) is 0. The van der Waals surface area contributed by atoms with Crippen molar-refractivity contribution < 1.29 is 9.90 Å². The van der Waals surface area contributed by atoms with E-state index in [-0.39, 0.29) is 5.56 Å². The number of benzene rings is 2. The SMILES string of the molecule is Cc1ccccc1-c1c(C)cccc1C(=O)[O-]. The van der Waals surface area contributed by atoms with Gasteiger partial charge in [-0.2, -0.15) is 0 Å². The van der Waals surface area contributed by atoms with E-state index in [9.17, 15) is 9.90 Å². The van der Waals surface area contributed by atoms with E-state index >= 15 is 0 Å². The molecular weight excluding hydrogens is 212 g/mol. The zero-order valence-electron chi connectivity index (χ0n) is 9.86. The number of aryl methyl sites for hydroxylation is 2. The Bertz CT molecular complexity index is 571. The van der Waals surface area contributed by atoms with Gasteiger partial charge in [0.15, 0.2) is 0 Å². The van der Waals surface area contributed by atoms with Crippen LogP contribution >= 0.6 is 0 Å². The van der Waals surface area contributed by atoms with Gasteiger partial charge >= 0.3 is 0 Å². The fourth-order valence-corrected chi connectivity index (χ4v) is 2.05. The third-order valence-electron chi connectivity index (χ3n) is 2.91. The summed E-state index contributed by atoms with van der Waals surface area (Å²) in [4.78, 5) is 11.1. The largest absolute Gasteiger partial charge is 0.545 e. The van der Waals surface area contributed by atoms with Gasteiger partial charge in [0.1, 0.15) is 0 Å². The average molecular weight is 225 g/mol. The summed E-state index contributed by atoms with van der Waals surface area (Å²) in [5.41, 5.74) is 3.96. The summed E-state index contributed by atoms with van der Waals surface area (Å²) in [5.74, 6) is -1.13. The lowest BCUT2D eigenvalue weighted by molar-refractivity contribution is -0.254. The Morgan fingerprint density at radius 1 is 0.941 bits per heavy atom. The van der Waals surface area contributed by atoms with E-state index < -0.39 is 5.97 Å². The van der Waals surface area contributed by atoms with Crippen molar-refractivity contribution in [2.24, 2.45) is 0 Å². The lowest BCUT2D eigenvalue weighted by Gasteiger charge is -2.15. The molecule has 0 N–H and O–H groups in total. The third-order valence-corrected chi connectivity index (χ3v) is 2.91. The summed E-state index contributed by atoms with van der Waals surface area (Å²) in [6, 6.07) is 13.0. The van der Waals surface area contributed by atoms with Gasteiger partial charge in [-0.3, -0.25) is 0 Å². The van der Waals surface area contributed by atoms with Crippen LogP contribution in [0.15, 0.2) is 42.5 Å². The van der Waals surface area contributed by atoms with Crippen LogP contribution in [0.5, 0.6) is 0 Å². The Balaban J connectivity index is 2.75. The number of rotatable bonds is 2. The Kier molecular flexibility index (Phi) is 2.96. The summed E-state index contributed by atoms with van der Waals surface area (Å²) in [7, 11) is 0. The molecule has 0 aliphatic heterocycles. The van der Waals surface area contributed by atoms with Crippen LogP contribution in [0.25, 0.3) is 11.1 Å². The molecule has 2 aromatic carbocycles. The normalized spacial score (nSPS) is 10.2. The van der Waals surface area contributed by atoms with Crippen LogP contribution in [0.1, 0.15) is 21.5 Å². The smallest absolute Gasteiger partial charge is 0.0721 e. The highest BCUT2D eigenvalue weighted by molar-refractivity contribution is 5.96. The van der Waals surface area contributed by atoms with E-state index in [1.165, 1.54) is 0 Å². The van der Waals surface area contributed by atoms with Gasteiger partial charge in [0.2, 0.25) is 0 Å². The van der Waals surface area contributed by atoms with Gasteiger partial charge < -0.3 is 9.90 Å². The number of carbonyl (C=O) groups is 1. The zero-order valence-corrected chi connectivity index (χ0v) is 9.86. The lowest BCUT2D eigenvalue weighted by atomic mass is 9.92. The van der Waals surface area contributed by atoms with E-state index in [0.717, 1.165) is 22.3 Å². The topological polar surface area (TPSA) is 40.1 Å². The van der Waals surface area contributed by atoms with Crippen LogP contribution in [0, 0.1) is 13.8 Å². The molecule has 0 fully saturated rings. The van der Waals surface area contributed by atoms with Crippen molar-refractivity contribution in [2.75, 3.05) is 0 Å². The Labute approximate surface area is 101 Å². The minimum Gasteiger partial charge on any atom is -0.545 e. The van der Waals surface area contributed by atoms with Crippen molar-refractivity contribution in [3.05, 3.63) is 59.2 Å². The van der Waals surface area contributed by atoms with Crippen molar-refractivity contribution in [1.29, 1.82) is 0 Å². The molecule has 2 rings (SSSR count). The first-order chi connectivity index (χ1) is 8.11. The number of carboxylic acids is 1. The minimum atomic E-state index is -1.13. The molecule has 17 heavy (non-hydrogen) atoms. The molecule has 0 unspecified atom stereocenters. The van der Waals surface area contributed by atoms with Gasteiger partial charge in [-0.15, -0.1) is 0 Å². The molecule has 0 heterocycles. The van der Waals surface area contributed by atoms with Crippen LogP contribution in [0.4, 0.5) is 0 Å². The molecule has 0 saturated heterocycles. The van der Waals surface area contributed by atoms with E-state index in [4.69, 9.17) is 0 Å². The summed E-state index contributed by atoms with van der Waals surface area (Å²) < 4.78 is 0. The molecule has 0 saturated carbocycles. The van der Waals surface area contributed by atoms with Gasteiger partial charge in [-0.25, -0.2) is 0 Å². The number of carboxylic acid groups (broad SMARTS) is 1. The summed E-state index contributed by atoms with van der Waals surface area (Å²) in [5, 5.41) is 11.1. The van der Waals surface area contributed by atoms with Crippen molar-refractivity contribution in [3.8, 4) is 11.1 Å². The van der Waals surface area contributed by atoms with Crippen LogP contribution in [0.2, 0.25) is 0 Å². The second-order valence-corrected chi connectivity index (χ2v) is 4.10. The van der Waals surface area contributed by atoms with E-state index in [1.807, 2.05) is 44.2 Å². The molecule has 86 valence electrons. The second kappa shape index (κ2) is 4.42. The molecule has 2 aromatic rings. The summed E-state index contributed by atoms with van der Waals surface area (Å²) in [6.45, 7) is 3.88. The predicted octanol–water partition coefficient (Wildman–Crippen LogP) is 2.33. The highest BCUT2D eigenvalue weighted by Gasteiger charge is 2.10. The molecule has 0 aliphatic carbocycles. The van der Waals surface area contributed by atoms with Crippen molar-refractivity contribution >= 4 is 5.97 Å². The molecule has 2 heteroatoms. The maximum Gasteiger partial charge on any atom is 0.0721 e. The summed E-state index contributed by atoms with van der Waals surface area (Å²) >= 11 is 0. The van der Waals surface area contributed by atoms with Crippen LogP contribution < -0.4 is 5.11 Å². The zero-order chi connectivity index (χ0) is 12.4. The third kappa shape index (κ3) is 2.07. The fourth-order valence-electron chi connectivity index (χ4n) is 2.05. The lowest BCUT2D eigenvalue weighted by Crippen LogP contribution is -2.23. The van der Waals surface area contributed by atoms with Crippen LogP contribution in [0.3, 0.4) is 0 Å². The summed E-state index contributed by atoms with van der Waals surface area (Å²) in [6.07, 6.45) is 0. The molecule has 0 radical (unpaired) electrons. The number of aromatic carboxylic acids is 1. The second-order valence-electron chi connectivity index (χ2n) is 4.10. The highest BCUT2D eigenvalue weighted by atomic mass is 16.4. The van der Waals surface area contributed by atoms with Crippen molar-refractivity contribution in [3.63, 3.8) is 0 Å². The number of hydrogen-bond acceptors (Lipinski definition) is 2. The Hall–Kier alpha value is -2.09. The van der Waals surface area contributed by atoms with E-state index in [1.54, 1.807) is 12.1 Å². The highest BCUT2D eigenvalue weighted by Crippen LogP contribution is 2.29. The molecule has 0 aromatic heterocycles. The molecule has 0 amide bonds. The monoisotopic (exact) mass is 225 g/mol. The minimum absolute atomic E-state index is 0.249. The molecule has 0 aliphatic rings. The molecule has 0 bridgehead atoms.